The topological polar surface area (TPSA) is 91.3 Å². The third-order valence-corrected chi connectivity index (χ3v) is 3.63. The number of hydrogen-bond donors (Lipinski definition) is 0. The van der Waals surface area contributed by atoms with Crippen LogP contribution >= 0.6 is 11.6 Å². The molecule has 0 N–H and O–H groups in total. The van der Waals surface area contributed by atoms with E-state index in [1.54, 1.807) is 25.1 Å². The number of rotatable bonds is 5. The van der Waals surface area contributed by atoms with Gasteiger partial charge in [0.1, 0.15) is 5.75 Å². The molecule has 8 heteroatoms. The summed E-state index contributed by atoms with van der Waals surface area (Å²) in [5.74, 6) is 1.14. The van der Waals surface area contributed by atoms with E-state index >= 15 is 0 Å². The Morgan fingerprint density at radius 1 is 1.29 bits per heavy atom. The van der Waals surface area contributed by atoms with E-state index in [2.05, 4.69) is 10.1 Å². The normalized spacial score (nSPS) is 10.6. The van der Waals surface area contributed by atoms with E-state index < -0.39 is 4.92 Å². The maximum Gasteiger partial charge on any atom is 0.272 e. The number of aryl methyl sites for hydroxylation is 1. The number of nitro benzene ring substituents is 1. The molecule has 24 heavy (non-hydrogen) atoms. The third kappa shape index (κ3) is 3.36. The molecule has 0 aliphatic rings. The van der Waals surface area contributed by atoms with Gasteiger partial charge in [0, 0.05) is 11.6 Å². The fraction of sp³-hybridized carbons (Fsp3) is 0.125. The summed E-state index contributed by atoms with van der Waals surface area (Å²) in [6.45, 7) is 1.72. The van der Waals surface area contributed by atoms with Crippen molar-refractivity contribution in [3.8, 4) is 17.2 Å². The van der Waals surface area contributed by atoms with E-state index in [-0.39, 0.29) is 12.3 Å². The van der Waals surface area contributed by atoms with Crippen molar-refractivity contribution >= 4 is 17.3 Å². The van der Waals surface area contributed by atoms with Gasteiger partial charge in [-0.2, -0.15) is 4.98 Å². The first-order chi connectivity index (χ1) is 11.5. The molecule has 3 aromatic rings. The Labute approximate surface area is 142 Å². The van der Waals surface area contributed by atoms with Crippen molar-refractivity contribution in [3.63, 3.8) is 0 Å². The lowest BCUT2D eigenvalue weighted by Crippen LogP contribution is -1.99. The van der Waals surface area contributed by atoms with Crippen LogP contribution in [0.5, 0.6) is 5.75 Å². The van der Waals surface area contributed by atoms with Gasteiger partial charge < -0.3 is 9.26 Å². The zero-order chi connectivity index (χ0) is 17.1. The molecule has 1 heterocycles. The maximum absolute atomic E-state index is 10.8. The number of nitro groups is 1. The summed E-state index contributed by atoms with van der Waals surface area (Å²) < 4.78 is 10.7. The van der Waals surface area contributed by atoms with E-state index in [1.807, 2.05) is 12.1 Å². The summed E-state index contributed by atoms with van der Waals surface area (Å²) in [4.78, 5) is 14.6. The first kappa shape index (κ1) is 15.9. The van der Waals surface area contributed by atoms with Gasteiger partial charge in [-0.1, -0.05) is 28.9 Å². The quantitative estimate of drug-likeness (QED) is 0.508. The van der Waals surface area contributed by atoms with Gasteiger partial charge in [-0.05, 0) is 31.2 Å². The van der Waals surface area contributed by atoms with Gasteiger partial charge in [0.2, 0.25) is 5.82 Å². The predicted molar refractivity (Wildman–Crippen MR) is 86.9 cm³/mol. The molecule has 0 spiro atoms. The van der Waals surface area contributed by atoms with Crippen molar-refractivity contribution < 1.29 is 14.2 Å². The first-order valence-corrected chi connectivity index (χ1v) is 7.37. The average Bonchev–Trinajstić information content (AvgIpc) is 3.02. The van der Waals surface area contributed by atoms with Gasteiger partial charge in [-0.15, -0.1) is 0 Å². The largest absolute Gasteiger partial charge is 0.485 e. The van der Waals surface area contributed by atoms with Crippen LogP contribution in [0.3, 0.4) is 0 Å². The van der Waals surface area contributed by atoms with Crippen LogP contribution in [0.25, 0.3) is 11.5 Å². The smallest absolute Gasteiger partial charge is 0.272 e. The van der Waals surface area contributed by atoms with Gasteiger partial charge in [-0.25, -0.2) is 0 Å². The van der Waals surface area contributed by atoms with Crippen molar-refractivity contribution in [2.45, 2.75) is 13.5 Å². The van der Waals surface area contributed by atoms with Crippen LogP contribution in [0.4, 0.5) is 5.69 Å². The molecule has 2 aromatic carbocycles. The minimum Gasteiger partial charge on any atom is -0.485 e. The molecule has 0 saturated carbocycles. The summed E-state index contributed by atoms with van der Waals surface area (Å²) >= 11 is 6.08. The Balaban J connectivity index is 1.71. The molecule has 3 rings (SSSR count). The molecule has 7 nitrogen and oxygen atoms in total. The maximum atomic E-state index is 10.8. The molecule has 1 aromatic heterocycles. The van der Waals surface area contributed by atoms with Crippen molar-refractivity contribution in [2.75, 3.05) is 0 Å². The van der Waals surface area contributed by atoms with Gasteiger partial charge in [-0.3, -0.25) is 10.1 Å². The monoisotopic (exact) mass is 345 g/mol. The van der Waals surface area contributed by atoms with E-state index in [0.717, 1.165) is 0 Å². The van der Waals surface area contributed by atoms with Crippen LogP contribution < -0.4 is 4.74 Å². The van der Waals surface area contributed by atoms with Crippen LogP contribution in [0.1, 0.15) is 11.4 Å². The fourth-order valence-corrected chi connectivity index (χ4v) is 2.34. The Hall–Kier alpha value is -2.93. The molecule has 0 saturated heterocycles. The van der Waals surface area contributed by atoms with Crippen molar-refractivity contribution in [1.29, 1.82) is 0 Å². The molecule has 0 bridgehead atoms. The molecule has 0 aliphatic heterocycles. The zero-order valence-corrected chi connectivity index (χ0v) is 13.4. The van der Waals surface area contributed by atoms with Gasteiger partial charge in [0.05, 0.1) is 15.5 Å². The third-order valence-electron chi connectivity index (χ3n) is 3.31. The van der Waals surface area contributed by atoms with E-state index in [9.17, 15) is 10.1 Å². The second kappa shape index (κ2) is 6.67. The molecule has 0 atom stereocenters. The van der Waals surface area contributed by atoms with Crippen LogP contribution in [0.2, 0.25) is 5.02 Å². The standard InChI is InChI=1S/C16H12ClN3O4/c1-10-8-11(6-7-14(10)20(21)22)23-9-15-18-16(24-19-15)12-4-2-3-5-13(12)17/h2-8H,9H2,1H3. The number of halogens is 1. The van der Waals surface area contributed by atoms with E-state index in [0.29, 0.717) is 33.6 Å². The SMILES string of the molecule is Cc1cc(OCc2noc(-c3ccccc3Cl)n2)ccc1[N+](=O)[O-]. The van der Waals surface area contributed by atoms with Crippen LogP contribution in [0.15, 0.2) is 47.0 Å². The lowest BCUT2D eigenvalue weighted by atomic mass is 10.2. The van der Waals surface area contributed by atoms with Crippen molar-refractivity contribution in [1.82, 2.24) is 10.1 Å². The van der Waals surface area contributed by atoms with E-state index in [1.165, 1.54) is 12.1 Å². The molecule has 0 amide bonds. The van der Waals surface area contributed by atoms with Crippen LogP contribution in [-0.2, 0) is 6.61 Å². The average molecular weight is 346 g/mol. The highest BCUT2D eigenvalue weighted by Crippen LogP contribution is 2.26. The summed E-state index contributed by atoms with van der Waals surface area (Å²) in [5.41, 5.74) is 1.20. The Bertz CT molecular complexity index is 895. The Morgan fingerprint density at radius 2 is 2.08 bits per heavy atom. The second-order valence-corrected chi connectivity index (χ2v) is 5.40. The Kier molecular flexibility index (Phi) is 4.43. The summed E-state index contributed by atoms with van der Waals surface area (Å²) in [6, 6.07) is 11.7. The highest BCUT2D eigenvalue weighted by Gasteiger charge is 2.13. The number of aromatic nitrogens is 2. The fourth-order valence-electron chi connectivity index (χ4n) is 2.13. The summed E-state index contributed by atoms with van der Waals surface area (Å²) in [6.07, 6.45) is 0. The molecule has 0 unspecified atom stereocenters. The predicted octanol–water partition coefficient (Wildman–Crippen LogP) is 4.19. The molecule has 122 valence electrons. The number of nitrogens with zero attached hydrogens (tertiary/aromatic N) is 3. The summed E-state index contributed by atoms with van der Waals surface area (Å²) in [7, 11) is 0. The van der Waals surface area contributed by atoms with Gasteiger partial charge in [0.25, 0.3) is 11.6 Å². The van der Waals surface area contributed by atoms with Crippen LogP contribution in [-0.4, -0.2) is 15.1 Å². The minimum absolute atomic E-state index is 0.0444. The molecule has 0 radical (unpaired) electrons. The van der Waals surface area contributed by atoms with Crippen molar-refractivity contribution in [3.05, 3.63) is 69.0 Å². The lowest BCUT2D eigenvalue weighted by Gasteiger charge is -2.04. The van der Waals surface area contributed by atoms with Gasteiger partial charge in [0.15, 0.2) is 6.61 Å². The molecule has 0 fully saturated rings. The first-order valence-electron chi connectivity index (χ1n) is 7.00. The summed E-state index contributed by atoms with van der Waals surface area (Å²) in [5, 5.41) is 15.2. The van der Waals surface area contributed by atoms with Crippen molar-refractivity contribution in [2.24, 2.45) is 0 Å². The van der Waals surface area contributed by atoms with Gasteiger partial charge >= 0.3 is 0 Å². The molecular formula is C16H12ClN3O4. The highest BCUT2D eigenvalue weighted by molar-refractivity contribution is 6.33. The lowest BCUT2D eigenvalue weighted by molar-refractivity contribution is -0.385. The minimum atomic E-state index is -0.436. The number of hydrogen-bond acceptors (Lipinski definition) is 6. The second-order valence-electron chi connectivity index (χ2n) is 4.99. The molecule has 0 aliphatic carbocycles. The van der Waals surface area contributed by atoms with E-state index in [4.69, 9.17) is 20.9 Å². The molecular weight excluding hydrogens is 334 g/mol. The number of ether oxygens (including phenoxy) is 1. The van der Waals surface area contributed by atoms with Crippen LogP contribution in [0, 0.1) is 17.0 Å². The number of benzene rings is 2. The highest BCUT2D eigenvalue weighted by atomic mass is 35.5. The zero-order valence-electron chi connectivity index (χ0n) is 12.6. The Morgan fingerprint density at radius 3 is 2.79 bits per heavy atom.